The lowest BCUT2D eigenvalue weighted by atomic mass is 10.2. The summed E-state index contributed by atoms with van der Waals surface area (Å²) in [5, 5.41) is 8.90. The molecule has 1 N–H and O–H groups in total. The maximum atomic E-state index is 12.4. The van der Waals surface area contributed by atoms with E-state index in [0.29, 0.717) is 25.2 Å². The van der Waals surface area contributed by atoms with Gasteiger partial charge in [0.15, 0.2) is 0 Å². The number of benzene rings is 1. The van der Waals surface area contributed by atoms with E-state index in [-0.39, 0.29) is 12.5 Å². The van der Waals surface area contributed by atoms with E-state index in [1.807, 2.05) is 23.1 Å². The largest absolute Gasteiger partial charge is 0.395 e. The van der Waals surface area contributed by atoms with Crippen molar-refractivity contribution in [2.24, 2.45) is 0 Å². The topological polar surface area (TPSA) is 43.8 Å². The van der Waals surface area contributed by atoms with Gasteiger partial charge in [-0.25, -0.2) is 0 Å². The molecule has 4 nitrogen and oxygen atoms in total. The molecule has 0 spiro atoms. The van der Waals surface area contributed by atoms with Crippen molar-refractivity contribution < 1.29 is 9.90 Å². The van der Waals surface area contributed by atoms with Gasteiger partial charge in [-0.05, 0) is 34.1 Å². The normalized spacial score (nSPS) is 16.7. The van der Waals surface area contributed by atoms with Crippen LogP contribution in [0.1, 0.15) is 10.4 Å². The van der Waals surface area contributed by atoms with Gasteiger partial charge in [0.1, 0.15) is 0 Å². The smallest absolute Gasteiger partial charge is 0.255 e. The highest BCUT2D eigenvalue weighted by molar-refractivity contribution is 9.11. The summed E-state index contributed by atoms with van der Waals surface area (Å²) in [4.78, 5) is 16.5. The Morgan fingerprint density at radius 1 is 1.21 bits per heavy atom. The van der Waals surface area contributed by atoms with E-state index in [1.54, 1.807) is 0 Å². The molecule has 1 fully saturated rings. The second-order valence-corrected chi connectivity index (χ2v) is 6.25. The van der Waals surface area contributed by atoms with Crippen molar-refractivity contribution in [3.05, 3.63) is 32.7 Å². The fraction of sp³-hybridized carbons (Fsp3) is 0.462. The maximum Gasteiger partial charge on any atom is 0.255 e. The molecular formula is C13H16Br2N2O2. The quantitative estimate of drug-likeness (QED) is 0.856. The monoisotopic (exact) mass is 390 g/mol. The standard InChI is InChI=1S/C13H16Br2N2O2/c14-10-1-2-12(15)11(9-10)13(19)17-5-3-16(4-6-17)7-8-18/h1-2,9,18H,3-8H2. The molecule has 0 aromatic heterocycles. The number of aliphatic hydroxyl groups excluding tert-OH is 1. The van der Waals surface area contributed by atoms with Gasteiger partial charge < -0.3 is 10.0 Å². The molecule has 1 amide bonds. The summed E-state index contributed by atoms with van der Waals surface area (Å²) in [5.41, 5.74) is 0.685. The van der Waals surface area contributed by atoms with Crippen LogP contribution in [0.4, 0.5) is 0 Å². The highest BCUT2D eigenvalue weighted by Gasteiger charge is 2.23. The summed E-state index contributed by atoms with van der Waals surface area (Å²) >= 11 is 6.81. The first-order valence-electron chi connectivity index (χ1n) is 6.19. The van der Waals surface area contributed by atoms with Crippen molar-refractivity contribution in [1.82, 2.24) is 9.80 Å². The van der Waals surface area contributed by atoms with E-state index in [4.69, 9.17) is 5.11 Å². The third-order valence-corrected chi connectivity index (χ3v) is 4.42. The van der Waals surface area contributed by atoms with Crippen LogP contribution in [0.3, 0.4) is 0 Å². The number of halogens is 2. The summed E-state index contributed by atoms with van der Waals surface area (Å²) in [5.74, 6) is 0.0526. The van der Waals surface area contributed by atoms with Gasteiger partial charge in [0.05, 0.1) is 12.2 Å². The summed E-state index contributed by atoms with van der Waals surface area (Å²) in [7, 11) is 0. The molecule has 19 heavy (non-hydrogen) atoms. The van der Waals surface area contributed by atoms with E-state index >= 15 is 0 Å². The number of hydrogen-bond donors (Lipinski definition) is 1. The van der Waals surface area contributed by atoms with E-state index in [0.717, 1.165) is 22.0 Å². The first-order chi connectivity index (χ1) is 9.11. The third kappa shape index (κ3) is 3.78. The zero-order valence-electron chi connectivity index (χ0n) is 10.5. The van der Waals surface area contributed by atoms with Crippen LogP contribution in [0.15, 0.2) is 27.1 Å². The van der Waals surface area contributed by atoms with Crippen LogP contribution in [0.5, 0.6) is 0 Å². The van der Waals surface area contributed by atoms with Crippen LogP contribution in [0, 0.1) is 0 Å². The number of aliphatic hydroxyl groups is 1. The van der Waals surface area contributed by atoms with Crippen molar-refractivity contribution in [3.8, 4) is 0 Å². The molecule has 2 rings (SSSR count). The lowest BCUT2D eigenvalue weighted by Gasteiger charge is -2.34. The lowest BCUT2D eigenvalue weighted by Crippen LogP contribution is -2.49. The molecule has 0 unspecified atom stereocenters. The number of β-amino-alcohol motifs (C(OH)–C–C–N with tert-alkyl or cyclic N) is 1. The molecule has 1 aromatic carbocycles. The first-order valence-corrected chi connectivity index (χ1v) is 7.78. The molecule has 6 heteroatoms. The minimum Gasteiger partial charge on any atom is -0.395 e. The molecular weight excluding hydrogens is 376 g/mol. The molecule has 0 bridgehead atoms. The van der Waals surface area contributed by atoms with Gasteiger partial charge in [-0.1, -0.05) is 15.9 Å². The zero-order valence-corrected chi connectivity index (χ0v) is 13.7. The lowest BCUT2D eigenvalue weighted by molar-refractivity contribution is 0.0614. The average Bonchev–Trinajstić information content (AvgIpc) is 2.42. The fourth-order valence-corrected chi connectivity index (χ4v) is 2.93. The van der Waals surface area contributed by atoms with Crippen LogP contribution < -0.4 is 0 Å². The molecule has 104 valence electrons. The fourth-order valence-electron chi connectivity index (χ4n) is 2.15. The Hall–Kier alpha value is -0.430. The number of amides is 1. The van der Waals surface area contributed by atoms with Gasteiger partial charge >= 0.3 is 0 Å². The molecule has 1 saturated heterocycles. The van der Waals surface area contributed by atoms with Crippen molar-refractivity contribution in [3.63, 3.8) is 0 Å². The van der Waals surface area contributed by atoms with Gasteiger partial charge in [0.25, 0.3) is 5.91 Å². The Morgan fingerprint density at radius 2 is 1.89 bits per heavy atom. The number of hydrogen-bond acceptors (Lipinski definition) is 3. The van der Waals surface area contributed by atoms with E-state index in [9.17, 15) is 4.79 Å². The summed E-state index contributed by atoms with van der Waals surface area (Å²) in [6.45, 7) is 3.90. The molecule has 0 saturated carbocycles. The number of carbonyl (C=O) groups is 1. The number of rotatable bonds is 3. The number of carbonyl (C=O) groups excluding carboxylic acids is 1. The van der Waals surface area contributed by atoms with Crippen molar-refractivity contribution in [1.29, 1.82) is 0 Å². The molecule has 1 aliphatic heterocycles. The summed E-state index contributed by atoms with van der Waals surface area (Å²) in [6, 6.07) is 5.62. The molecule has 0 atom stereocenters. The molecule has 0 aliphatic carbocycles. The molecule has 1 heterocycles. The van der Waals surface area contributed by atoms with Crippen LogP contribution in [0.25, 0.3) is 0 Å². The van der Waals surface area contributed by atoms with Gasteiger partial charge in [-0.15, -0.1) is 0 Å². The minimum absolute atomic E-state index is 0.0526. The first kappa shape index (κ1) is 15.0. The van der Waals surface area contributed by atoms with Crippen LogP contribution >= 0.6 is 31.9 Å². The summed E-state index contributed by atoms with van der Waals surface area (Å²) in [6.07, 6.45) is 0. The average molecular weight is 392 g/mol. The Morgan fingerprint density at radius 3 is 2.53 bits per heavy atom. The van der Waals surface area contributed by atoms with Crippen LogP contribution in [-0.2, 0) is 0 Å². The highest BCUT2D eigenvalue weighted by atomic mass is 79.9. The SMILES string of the molecule is O=C(c1cc(Br)ccc1Br)N1CCN(CCO)CC1. The Kier molecular flexibility index (Phi) is 5.38. The van der Waals surface area contributed by atoms with Gasteiger partial charge in [0, 0.05) is 41.7 Å². The second-order valence-electron chi connectivity index (χ2n) is 4.48. The number of nitrogens with zero attached hydrogens (tertiary/aromatic N) is 2. The van der Waals surface area contributed by atoms with E-state index in [2.05, 4.69) is 36.8 Å². The minimum atomic E-state index is 0.0526. The Balaban J connectivity index is 2.03. The highest BCUT2D eigenvalue weighted by Crippen LogP contribution is 2.23. The van der Waals surface area contributed by atoms with Gasteiger partial charge in [0.2, 0.25) is 0 Å². The van der Waals surface area contributed by atoms with Crippen LogP contribution in [0.2, 0.25) is 0 Å². The summed E-state index contributed by atoms with van der Waals surface area (Å²) < 4.78 is 1.72. The second kappa shape index (κ2) is 6.83. The predicted molar refractivity (Wildman–Crippen MR) is 81.3 cm³/mol. The van der Waals surface area contributed by atoms with Crippen molar-refractivity contribution in [2.75, 3.05) is 39.3 Å². The Labute approximate surface area is 129 Å². The van der Waals surface area contributed by atoms with Crippen LogP contribution in [-0.4, -0.2) is 60.1 Å². The maximum absolute atomic E-state index is 12.4. The van der Waals surface area contributed by atoms with E-state index < -0.39 is 0 Å². The zero-order chi connectivity index (χ0) is 13.8. The van der Waals surface area contributed by atoms with Gasteiger partial charge in [-0.2, -0.15) is 0 Å². The molecule has 1 aromatic rings. The van der Waals surface area contributed by atoms with E-state index in [1.165, 1.54) is 0 Å². The third-order valence-electron chi connectivity index (χ3n) is 3.23. The number of piperazine rings is 1. The van der Waals surface area contributed by atoms with Gasteiger partial charge in [-0.3, -0.25) is 9.69 Å². The van der Waals surface area contributed by atoms with Crippen molar-refractivity contribution >= 4 is 37.8 Å². The van der Waals surface area contributed by atoms with Crippen molar-refractivity contribution in [2.45, 2.75) is 0 Å². The predicted octanol–water partition coefficient (Wildman–Crippen LogP) is 1.96. The molecule has 0 radical (unpaired) electrons. The molecule has 1 aliphatic rings. The Bertz CT molecular complexity index is 460.